The van der Waals surface area contributed by atoms with Gasteiger partial charge in [-0.15, -0.1) is 0 Å². The summed E-state index contributed by atoms with van der Waals surface area (Å²) in [5.41, 5.74) is 5.37. The van der Waals surface area contributed by atoms with E-state index in [-0.39, 0.29) is 5.92 Å². The molecule has 30 heavy (non-hydrogen) atoms. The lowest BCUT2D eigenvalue weighted by atomic mass is 9.95. The van der Waals surface area contributed by atoms with E-state index in [0.717, 1.165) is 41.1 Å². The topological polar surface area (TPSA) is 72.5 Å². The van der Waals surface area contributed by atoms with Gasteiger partial charge in [-0.3, -0.25) is 0 Å². The molecular formula is C24H24N4O2. The lowest BCUT2D eigenvalue weighted by Crippen LogP contribution is -2.19. The predicted octanol–water partition coefficient (Wildman–Crippen LogP) is 4.11. The van der Waals surface area contributed by atoms with Crippen LogP contribution < -0.4 is 4.74 Å². The molecule has 0 bridgehead atoms. The zero-order chi connectivity index (χ0) is 20.9. The van der Waals surface area contributed by atoms with Gasteiger partial charge in [-0.1, -0.05) is 18.2 Å². The Bertz CT molecular complexity index is 1220. The fourth-order valence-electron chi connectivity index (χ4n) is 4.30. The summed E-state index contributed by atoms with van der Waals surface area (Å²) in [4.78, 5) is 13.6. The Hall–Kier alpha value is -3.25. The molecule has 0 radical (unpaired) electrons. The SMILES string of the molecule is COc1ccccc1[C@@H]1CCc2nc3ccc(-c4cnc(C(C)(C)O)nc4)cn3c21. The van der Waals surface area contributed by atoms with Crippen molar-refractivity contribution in [3.8, 4) is 16.9 Å². The number of pyridine rings is 1. The van der Waals surface area contributed by atoms with Crippen LogP contribution in [0.15, 0.2) is 55.0 Å². The highest BCUT2D eigenvalue weighted by Crippen LogP contribution is 2.42. The monoisotopic (exact) mass is 400 g/mol. The van der Waals surface area contributed by atoms with Crippen LogP contribution in [0.25, 0.3) is 16.8 Å². The fraction of sp³-hybridized carbons (Fsp3) is 0.292. The number of rotatable bonds is 4. The summed E-state index contributed by atoms with van der Waals surface area (Å²) in [6, 6.07) is 12.3. The summed E-state index contributed by atoms with van der Waals surface area (Å²) in [5, 5.41) is 10.1. The maximum atomic E-state index is 10.1. The Morgan fingerprint density at radius 2 is 1.83 bits per heavy atom. The zero-order valence-electron chi connectivity index (χ0n) is 17.3. The Labute approximate surface area is 175 Å². The largest absolute Gasteiger partial charge is 0.496 e. The summed E-state index contributed by atoms with van der Waals surface area (Å²) in [6.45, 7) is 3.36. The van der Waals surface area contributed by atoms with Gasteiger partial charge in [0.15, 0.2) is 5.82 Å². The third-order valence-electron chi connectivity index (χ3n) is 5.78. The number of aliphatic hydroxyl groups is 1. The molecular weight excluding hydrogens is 376 g/mol. The van der Waals surface area contributed by atoms with Gasteiger partial charge < -0.3 is 14.2 Å². The number of fused-ring (bicyclic) bond motifs is 3. The third-order valence-corrected chi connectivity index (χ3v) is 5.78. The van der Waals surface area contributed by atoms with E-state index >= 15 is 0 Å². The molecule has 1 aliphatic carbocycles. The first kappa shape index (κ1) is 18.8. The number of hydrogen-bond donors (Lipinski definition) is 1. The van der Waals surface area contributed by atoms with Crippen LogP contribution >= 0.6 is 0 Å². The van der Waals surface area contributed by atoms with E-state index in [4.69, 9.17) is 9.72 Å². The average molecular weight is 400 g/mol. The normalized spacial score (nSPS) is 16.1. The van der Waals surface area contributed by atoms with Crippen molar-refractivity contribution in [1.82, 2.24) is 19.4 Å². The molecule has 3 aromatic heterocycles. The minimum absolute atomic E-state index is 0.246. The number of para-hydroxylation sites is 1. The number of aryl methyl sites for hydroxylation is 1. The molecule has 6 heteroatoms. The minimum atomic E-state index is -1.06. The van der Waals surface area contributed by atoms with Crippen molar-refractivity contribution in [3.63, 3.8) is 0 Å². The van der Waals surface area contributed by atoms with E-state index in [9.17, 15) is 5.11 Å². The van der Waals surface area contributed by atoms with Crippen molar-refractivity contribution >= 4 is 5.65 Å². The molecule has 0 spiro atoms. The second-order valence-electron chi connectivity index (χ2n) is 8.28. The fourth-order valence-corrected chi connectivity index (χ4v) is 4.30. The highest BCUT2D eigenvalue weighted by molar-refractivity contribution is 5.64. The van der Waals surface area contributed by atoms with Crippen LogP contribution in [0.2, 0.25) is 0 Å². The van der Waals surface area contributed by atoms with Crippen molar-refractivity contribution in [3.05, 3.63) is 77.8 Å². The van der Waals surface area contributed by atoms with Crippen molar-refractivity contribution in [2.45, 2.75) is 38.2 Å². The molecule has 1 aromatic carbocycles. The molecule has 1 aliphatic rings. The van der Waals surface area contributed by atoms with Gasteiger partial charge >= 0.3 is 0 Å². The lowest BCUT2D eigenvalue weighted by molar-refractivity contribution is 0.0687. The molecule has 0 saturated heterocycles. The second-order valence-corrected chi connectivity index (χ2v) is 8.28. The minimum Gasteiger partial charge on any atom is -0.496 e. The van der Waals surface area contributed by atoms with E-state index in [1.807, 2.05) is 24.3 Å². The van der Waals surface area contributed by atoms with Crippen LogP contribution in [0.4, 0.5) is 0 Å². The first-order valence-electron chi connectivity index (χ1n) is 10.1. The van der Waals surface area contributed by atoms with Gasteiger partial charge in [0, 0.05) is 41.2 Å². The molecule has 6 nitrogen and oxygen atoms in total. The average Bonchev–Trinajstić information content (AvgIpc) is 3.32. The maximum Gasteiger partial charge on any atom is 0.159 e. The third kappa shape index (κ3) is 3.04. The van der Waals surface area contributed by atoms with Crippen LogP contribution in [0.3, 0.4) is 0 Å². The summed E-state index contributed by atoms with van der Waals surface area (Å²) in [7, 11) is 1.72. The first-order chi connectivity index (χ1) is 14.5. The molecule has 0 saturated carbocycles. The van der Waals surface area contributed by atoms with Gasteiger partial charge in [0.25, 0.3) is 0 Å². The van der Waals surface area contributed by atoms with E-state index < -0.39 is 5.60 Å². The first-order valence-corrected chi connectivity index (χ1v) is 10.1. The number of nitrogens with zero attached hydrogens (tertiary/aromatic N) is 4. The molecule has 3 heterocycles. The second kappa shape index (κ2) is 6.92. The Morgan fingerprint density at radius 3 is 2.57 bits per heavy atom. The Kier molecular flexibility index (Phi) is 4.33. The highest BCUT2D eigenvalue weighted by Gasteiger charge is 2.31. The van der Waals surface area contributed by atoms with Gasteiger partial charge in [0.2, 0.25) is 0 Å². The standard InChI is InChI=1S/C24H24N4O2/c1-24(2,29)23-25-12-16(13-26-23)15-8-11-21-27-19-10-9-18(22(19)28(21)14-15)17-6-4-5-7-20(17)30-3/h4-8,11-14,18,29H,9-10H2,1-3H3/t18-/m0/s1. The van der Waals surface area contributed by atoms with Crippen molar-refractivity contribution in [2.24, 2.45) is 0 Å². The summed E-state index contributed by atoms with van der Waals surface area (Å²) in [5.74, 6) is 1.57. The Morgan fingerprint density at radius 1 is 1.07 bits per heavy atom. The zero-order valence-corrected chi connectivity index (χ0v) is 17.3. The number of methoxy groups -OCH3 is 1. The highest BCUT2D eigenvalue weighted by atomic mass is 16.5. The van der Waals surface area contributed by atoms with Crippen molar-refractivity contribution < 1.29 is 9.84 Å². The molecule has 5 rings (SSSR count). The van der Waals surface area contributed by atoms with E-state index in [1.54, 1.807) is 33.4 Å². The number of imidazole rings is 1. The summed E-state index contributed by atoms with van der Waals surface area (Å²) >= 11 is 0. The molecule has 0 unspecified atom stereocenters. The van der Waals surface area contributed by atoms with E-state index in [2.05, 4.69) is 32.7 Å². The van der Waals surface area contributed by atoms with Crippen LogP contribution in [0, 0.1) is 0 Å². The van der Waals surface area contributed by atoms with Gasteiger partial charge in [-0.2, -0.15) is 0 Å². The maximum absolute atomic E-state index is 10.1. The van der Waals surface area contributed by atoms with Gasteiger partial charge in [0.05, 0.1) is 18.5 Å². The molecule has 0 fully saturated rings. The Balaban J connectivity index is 1.59. The molecule has 152 valence electrons. The van der Waals surface area contributed by atoms with Crippen molar-refractivity contribution in [2.75, 3.05) is 7.11 Å². The molecule has 1 N–H and O–H groups in total. The summed E-state index contributed by atoms with van der Waals surface area (Å²) in [6.07, 6.45) is 7.61. The lowest BCUT2D eigenvalue weighted by Gasteiger charge is -2.16. The van der Waals surface area contributed by atoms with Crippen LogP contribution in [-0.2, 0) is 12.0 Å². The van der Waals surface area contributed by atoms with Gasteiger partial charge in [-0.25, -0.2) is 15.0 Å². The summed E-state index contributed by atoms with van der Waals surface area (Å²) < 4.78 is 7.82. The molecule has 4 aromatic rings. The quantitative estimate of drug-likeness (QED) is 0.558. The number of ether oxygens (including phenoxy) is 1. The smallest absolute Gasteiger partial charge is 0.159 e. The van der Waals surface area contributed by atoms with Gasteiger partial charge in [0.1, 0.15) is 17.0 Å². The predicted molar refractivity (Wildman–Crippen MR) is 115 cm³/mol. The van der Waals surface area contributed by atoms with Crippen LogP contribution in [-0.4, -0.2) is 31.6 Å². The number of hydrogen-bond acceptors (Lipinski definition) is 5. The number of benzene rings is 1. The van der Waals surface area contributed by atoms with Gasteiger partial charge in [-0.05, 0) is 44.9 Å². The van der Waals surface area contributed by atoms with Crippen LogP contribution in [0.5, 0.6) is 5.75 Å². The van der Waals surface area contributed by atoms with Crippen molar-refractivity contribution in [1.29, 1.82) is 0 Å². The van der Waals surface area contributed by atoms with Crippen LogP contribution in [0.1, 0.15) is 49.0 Å². The number of aromatic nitrogens is 4. The van der Waals surface area contributed by atoms with E-state index in [0.29, 0.717) is 5.82 Å². The van der Waals surface area contributed by atoms with E-state index in [1.165, 1.54) is 11.3 Å². The molecule has 0 aliphatic heterocycles. The molecule has 1 atom stereocenters. The molecule has 0 amide bonds.